The van der Waals surface area contributed by atoms with Crippen LogP contribution in [0.3, 0.4) is 0 Å². The molecule has 1 saturated heterocycles. The van der Waals surface area contributed by atoms with Gasteiger partial charge in [-0.3, -0.25) is 14.5 Å². The highest BCUT2D eigenvalue weighted by Crippen LogP contribution is 2.19. The summed E-state index contributed by atoms with van der Waals surface area (Å²) < 4.78 is 0. The smallest absolute Gasteiger partial charge is 0.324 e. The molecule has 4 rings (SSSR count). The number of carbonyl (C=O) groups is 3. The molecule has 1 aliphatic heterocycles. The van der Waals surface area contributed by atoms with Gasteiger partial charge in [0.05, 0.1) is 6.42 Å². The van der Waals surface area contributed by atoms with Crippen molar-refractivity contribution in [1.29, 1.82) is 0 Å². The molecular weight excluding hydrogens is 396 g/mol. The summed E-state index contributed by atoms with van der Waals surface area (Å²) in [5.41, 5.74) is 3.02. The van der Waals surface area contributed by atoms with Crippen LogP contribution >= 0.6 is 0 Å². The quantitative estimate of drug-likeness (QED) is 0.418. The Morgan fingerprint density at radius 1 is 1.06 bits per heavy atom. The first-order valence-electron chi connectivity index (χ1n) is 10.2. The summed E-state index contributed by atoms with van der Waals surface area (Å²) in [6.07, 6.45) is 2.94. The fourth-order valence-corrected chi connectivity index (χ4v) is 3.76. The predicted molar refractivity (Wildman–Crippen MR) is 115 cm³/mol. The van der Waals surface area contributed by atoms with Gasteiger partial charge in [0, 0.05) is 30.2 Å². The summed E-state index contributed by atoms with van der Waals surface area (Å²) in [5.74, 6) is -0.480. The van der Waals surface area contributed by atoms with Gasteiger partial charge < -0.3 is 20.7 Å². The van der Waals surface area contributed by atoms with Gasteiger partial charge in [-0.05, 0) is 42.2 Å². The first kappa shape index (κ1) is 20.5. The molecule has 0 aliphatic carbocycles. The van der Waals surface area contributed by atoms with Gasteiger partial charge in [0.25, 0.3) is 5.91 Å². The molecular formula is C23H24N4O4. The van der Waals surface area contributed by atoms with Crippen LogP contribution in [0.4, 0.5) is 4.79 Å². The summed E-state index contributed by atoms with van der Waals surface area (Å²) in [5, 5.41) is 15.7. The number of aromatic nitrogens is 1. The molecule has 0 saturated carbocycles. The summed E-state index contributed by atoms with van der Waals surface area (Å²) in [6, 6.07) is 13.3. The van der Waals surface area contributed by atoms with Crippen LogP contribution in [0.1, 0.15) is 17.5 Å². The Bertz CT molecular complexity index is 1110. The fourth-order valence-electron chi connectivity index (χ4n) is 3.76. The minimum atomic E-state index is -0.843. The number of phenolic OH excluding ortho intramolecular Hbond substituents is 1. The van der Waals surface area contributed by atoms with Crippen LogP contribution in [0.25, 0.3) is 10.9 Å². The van der Waals surface area contributed by atoms with E-state index in [9.17, 15) is 19.5 Å². The number of aromatic hydroxyl groups is 1. The number of aromatic amines is 1. The second-order valence-electron chi connectivity index (χ2n) is 7.57. The van der Waals surface area contributed by atoms with E-state index in [-0.39, 0.29) is 30.5 Å². The van der Waals surface area contributed by atoms with Crippen molar-refractivity contribution in [2.24, 2.45) is 0 Å². The van der Waals surface area contributed by atoms with Gasteiger partial charge in [0.2, 0.25) is 5.91 Å². The van der Waals surface area contributed by atoms with Crippen molar-refractivity contribution < 1.29 is 19.5 Å². The number of benzene rings is 2. The van der Waals surface area contributed by atoms with Gasteiger partial charge in [0.1, 0.15) is 11.8 Å². The van der Waals surface area contributed by atoms with Crippen molar-refractivity contribution in [3.8, 4) is 5.75 Å². The zero-order valence-electron chi connectivity index (χ0n) is 16.9. The Kier molecular flexibility index (Phi) is 5.88. The minimum Gasteiger partial charge on any atom is -0.508 e. The second-order valence-corrected chi connectivity index (χ2v) is 7.57. The lowest BCUT2D eigenvalue weighted by Gasteiger charge is -2.13. The van der Waals surface area contributed by atoms with E-state index in [0.29, 0.717) is 19.4 Å². The van der Waals surface area contributed by atoms with Crippen LogP contribution in [-0.4, -0.2) is 52.0 Å². The van der Waals surface area contributed by atoms with Gasteiger partial charge in [-0.25, -0.2) is 4.79 Å². The largest absolute Gasteiger partial charge is 0.508 e. The van der Waals surface area contributed by atoms with E-state index in [0.717, 1.165) is 22.0 Å². The molecule has 1 unspecified atom stereocenters. The maximum absolute atomic E-state index is 12.6. The van der Waals surface area contributed by atoms with Crippen molar-refractivity contribution in [2.45, 2.75) is 25.3 Å². The van der Waals surface area contributed by atoms with Crippen LogP contribution in [-0.2, 0) is 22.4 Å². The number of imide groups is 1. The van der Waals surface area contributed by atoms with E-state index in [1.807, 2.05) is 30.5 Å². The van der Waals surface area contributed by atoms with E-state index >= 15 is 0 Å². The van der Waals surface area contributed by atoms with Crippen LogP contribution in [0, 0.1) is 0 Å². The van der Waals surface area contributed by atoms with Crippen LogP contribution in [0.2, 0.25) is 0 Å². The lowest BCUT2D eigenvalue weighted by molar-refractivity contribution is -0.130. The normalized spacial score (nSPS) is 16.0. The average Bonchev–Trinajstić information content (AvgIpc) is 3.28. The number of fused-ring (bicyclic) bond motifs is 1. The SMILES string of the molecule is O=C(CC1NC(=O)N(CCc2c[nH]c3ccccc23)C1=O)NCCc1ccc(O)cc1. The number of amides is 4. The molecule has 4 N–H and O–H groups in total. The number of H-pyrrole nitrogens is 1. The highest BCUT2D eigenvalue weighted by molar-refractivity contribution is 6.05. The number of hydrogen-bond donors (Lipinski definition) is 4. The van der Waals surface area contributed by atoms with Gasteiger partial charge >= 0.3 is 6.03 Å². The lowest BCUT2D eigenvalue weighted by Crippen LogP contribution is -2.37. The number of urea groups is 1. The number of carbonyl (C=O) groups excluding carboxylic acids is 3. The maximum atomic E-state index is 12.6. The molecule has 1 atom stereocenters. The fraction of sp³-hybridized carbons (Fsp3) is 0.261. The Balaban J connectivity index is 1.26. The van der Waals surface area contributed by atoms with E-state index in [4.69, 9.17) is 0 Å². The van der Waals surface area contributed by atoms with E-state index in [1.165, 1.54) is 4.90 Å². The number of phenols is 1. The Morgan fingerprint density at radius 3 is 2.65 bits per heavy atom. The molecule has 31 heavy (non-hydrogen) atoms. The van der Waals surface area contributed by atoms with E-state index in [1.54, 1.807) is 24.3 Å². The molecule has 4 amide bonds. The molecule has 0 spiro atoms. The first-order valence-corrected chi connectivity index (χ1v) is 10.2. The number of hydrogen-bond acceptors (Lipinski definition) is 4. The molecule has 2 aromatic carbocycles. The summed E-state index contributed by atoms with van der Waals surface area (Å²) in [4.78, 5) is 41.5. The van der Waals surface area contributed by atoms with Crippen LogP contribution in [0.15, 0.2) is 54.7 Å². The molecule has 160 valence electrons. The highest BCUT2D eigenvalue weighted by atomic mass is 16.3. The molecule has 0 radical (unpaired) electrons. The van der Waals surface area contributed by atoms with Crippen molar-refractivity contribution in [1.82, 2.24) is 20.5 Å². The molecule has 1 aromatic heterocycles. The zero-order chi connectivity index (χ0) is 21.8. The predicted octanol–water partition coefficient (Wildman–Crippen LogP) is 2.09. The van der Waals surface area contributed by atoms with Crippen molar-refractivity contribution in [2.75, 3.05) is 13.1 Å². The molecule has 8 nitrogen and oxygen atoms in total. The van der Waals surface area contributed by atoms with Crippen molar-refractivity contribution >= 4 is 28.7 Å². The Hall–Kier alpha value is -3.81. The number of rotatable bonds is 8. The number of nitrogens with one attached hydrogen (secondary N) is 3. The third-order valence-electron chi connectivity index (χ3n) is 5.45. The Morgan fingerprint density at radius 2 is 1.84 bits per heavy atom. The maximum Gasteiger partial charge on any atom is 0.324 e. The lowest BCUT2D eigenvalue weighted by atomic mass is 10.1. The first-order chi connectivity index (χ1) is 15.0. The van der Waals surface area contributed by atoms with Crippen LogP contribution < -0.4 is 10.6 Å². The summed E-state index contributed by atoms with van der Waals surface area (Å²) >= 11 is 0. The summed E-state index contributed by atoms with van der Waals surface area (Å²) in [6.45, 7) is 0.661. The van der Waals surface area contributed by atoms with Gasteiger partial charge in [-0.2, -0.15) is 0 Å². The topological polar surface area (TPSA) is 115 Å². The van der Waals surface area contributed by atoms with E-state index in [2.05, 4.69) is 15.6 Å². The third kappa shape index (κ3) is 4.69. The highest BCUT2D eigenvalue weighted by Gasteiger charge is 2.38. The molecule has 2 heterocycles. The standard InChI is InChI=1S/C23H24N4O4/c28-17-7-5-15(6-8-17)9-11-24-21(29)13-20-22(30)27(23(31)26-20)12-10-16-14-25-19-4-2-1-3-18(16)19/h1-8,14,20,25,28H,9-13H2,(H,24,29)(H,26,31). The second kappa shape index (κ2) is 8.91. The third-order valence-corrected chi connectivity index (χ3v) is 5.45. The molecule has 1 fully saturated rings. The van der Waals surface area contributed by atoms with Crippen molar-refractivity contribution in [3.63, 3.8) is 0 Å². The zero-order valence-corrected chi connectivity index (χ0v) is 16.9. The van der Waals surface area contributed by atoms with Gasteiger partial charge in [0.15, 0.2) is 0 Å². The molecule has 3 aromatic rings. The number of para-hydroxylation sites is 1. The average molecular weight is 420 g/mol. The molecule has 8 heteroatoms. The van der Waals surface area contributed by atoms with Gasteiger partial charge in [-0.15, -0.1) is 0 Å². The van der Waals surface area contributed by atoms with E-state index < -0.39 is 12.1 Å². The van der Waals surface area contributed by atoms with Gasteiger partial charge in [-0.1, -0.05) is 30.3 Å². The number of nitrogens with zero attached hydrogens (tertiary/aromatic N) is 1. The molecule has 1 aliphatic rings. The minimum absolute atomic E-state index is 0.0935. The van der Waals surface area contributed by atoms with Crippen molar-refractivity contribution in [3.05, 3.63) is 65.9 Å². The van der Waals surface area contributed by atoms with Crippen LogP contribution in [0.5, 0.6) is 5.75 Å². The molecule has 0 bridgehead atoms. The summed E-state index contributed by atoms with van der Waals surface area (Å²) in [7, 11) is 0. The monoisotopic (exact) mass is 420 g/mol. The Labute approximate surface area is 179 Å².